The van der Waals surface area contributed by atoms with Crippen LogP contribution in [0, 0.1) is 0 Å². The Morgan fingerprint density at radius 1 is 1.05 bits per heavy atom. The molecule has 1 aliphatic rings. The number of nitrogens with zero attached hydrogens (tertiary/aromatic N) is 2. The average Bonchev–Trinajstić information content (AvgIpc) is 3.02. The Morgan fingerprint density at radius 2 is 1.95 bits per heavy atom. The number of ether oxygens (including phenoxy) is 2. The van der Waals surface area contributed by atoms with Gasteiger partial charge in [0.15, 0.2) is 0 Å². The third kappa shape index (κ3) is 2.37. The fourth-order valence-electron chi connectivity index (χ4n) is 2.41. The Balaban J connectivity index is 1.61. The number of fused-ring (bicyclic) bond motifs is 2. The van der Waals surface area contributed by atoms with Crippen molar-refractivity contribution >= 4 is 31.7 Å². The van der Waals surface area contributed by atoms with Gasteiger partial charge in [-0.1, -0.05) is 0 Å². The first kappa shape index (κ1) is 12.7. The molecule has 0 atom stereocenters. The molecule has 0 bridgehead atoms. The second kappa shape index (κ2) is 5.39. The zero-order valence-electron chi connectivity index (χ0n) is 11.2. The van der Waals surface area contributed by atoms with E-state index in [-0.39, 0.29) is 15.0 Å². The summed E-state index contributed by atoms with van der Waals surface area (Å²) in [7, 11) is 0. The average molecular weight is 346 g/mol. The fourth-order valence-corrected chi connectivity index (χ4v) is 3.57. The van der Waals surface area contributed by atoms with Gasteiger partial charge in [0.25, 0.3) is 0 Å². The summed E-state index contributed by atoms with van der Waals surface area (Å²) in [6, 6.07) is 12.0. The Labute approximate surface area is 128 Å². The van der Waals surface area contributed by atoms with Gasteiger partial charge < -0.3 is 0 Å². The van der Waals surface area contributed by atoms with Crippen LogP contribution in [-0.4, -0.2) is 36.1 Å². The standard InChI is InChI=1S/C15H13N3O2Se/c1-3-10(15-13(6-1)19-7-8-20-15)9-16-11-4-2-5-12-14(11)18-21-17-12/h1-6,16H,7-9H2. The molecule has 0 spiro atoms. The number of nitrogens with one attached hydrogen (secondary N) is 1. The molecule has 0 saturated heterocycles. The Kier molecular flexibility index (Phi) is 3.25. The molecule has 1 aromatic heterocycles. The molecule has 4 rings (SSSR count). The predicted molar refractivity (Wildman–Crippen MR) is 81.2 cm³/mol. The zero-order chi connectivity index (χ0) is 14.1. The van der Waals surface area contributed by atoms with Crippen molar-refractivity contribution in [1.82, 2.24) is 7.96 Å². The van der Waals surface area contributed by atoms with E-state index in [1.165, 1.54) is 0 Å². The molecule has 3 aromatic rings. The zero-order valence-corrected chi connectivity index (χ0v) is 12.9. The van der Waals surface area contributed by atoms with E-state index in [0.29, 0.717) is 19.8 Å². The molecule has 0 radical (unpaired) electrons. The van der Waals surface area contributed by atoms with Gasteiger partial charge >= 0.3 is 128 Å². The number of hydrogen-bond donors (Lipinski definition) is 1. The fraction of sp³-hybridized carbons (Fsp3) is 0.200. The number of aromatic nitrogens is 2. The second-order valence-electron chi connectivity index (χ2n) is 4.73. The summed E-state index contributed by atoms with van der Waals surface area (Å²) in [5.41, 5.74) is 4.06. The van der Waals surface area contributed by atoms with E-state index in [2.05, 4.69) is 19.3 Å². The van der Waals surface area contributed by atoms with Crippen LogP contribution in [0.4, 0.5) is 5.69 Å². The van der Waals surface area contributed by atoms with Crippen molar-refractivity contribution in [1.29, 1.82) is 0 Å². The van der Waals surface area contributed by atoms with Gasteiger partial charge in [0.2, 0.25) is 0 Å². The van der Waals surface area contributed by atoms with Crippen molar-refractivity contribution in [3.05, 3.63) is 42.0 Å². The SMILES string of the molecule is c1cc(CNc2cccc3n[se]nc23)c2c(c1)OCCO2. The van der Waals surface area contributed by atoms with Crippen molar-refractivity contribution in [3.8, 4) is 11.5 Å². The van der Waals surface area contributed by atoms with Crippen molar-refractivity contribution in [3.63, 3.8) is 0 Å². The van der Waals surface area contributed by atoms with Gasteiger partial charge in [-0.25, -0.2) is 0 Å². The molecular formula is C15H13N3O2Se. The summed E-state index contributed by atoms with van der Waals surface area (Å²) in [6.07, 6.45) is 0. The quantitative estimate of drug-likeness (QED) is 0.736. The van der Waals surface area contributed by atoms with Gasteiger partial charge in [-0.05, 0) is 0 Å². The van der Waals surface area contributed by atoms with Gasteiger partial charge in [-0.2, -0.15) is 0 Å². The normalized spacial score (nSPS) is 13.3. The monoisotopic (exact) mass is 347 g/mol. The summed E-state index contributed by atoms with van der Waals surface area (Å²) in [5.74, 6) is 1.66. The van der Waals surface area contributed by atoms with Crippen LogP contribution in [0.25, 0.3) is 11.0 Å². The molecule has 6 heteroatoms. The Morgan fingerprint density at radius 3 is 2.95 bits per heavy atom. The van der Waals surface area contributed by atoms with E-state index >= 15 is 0 Å². The number of anilines is 1. The summed E-state index contributed by atoms with van der Waals surface area (Å²) in [4.78, 5) is 0. The van der Waals surface area contributed by atoms with Crippen LogP contribution >= 0.6 is 0 Å². The number of rotatable bonds is 3. The van der Waals surface area contributed by atoms with Gasteiger partial charge in [0, 0.05) is 0 Å². The third-order valence-corrected chi connectivity index (χ3v) is 4.54. The minimum atomic E-state index is -0.0109. The summed E-state index contributed by atoms with van der Waals surface area (Å²) >= 11 is -0.0109. The van der Waals surface area contributed by atoms with E-state index in [0.717, 1.165) is 33.8 Å². The van der Waals surface area contributed by atoms with E-state index in [1.807, 2.05) is 30.3 Å². The van der Waals surface area contributed by atoms with E-state index in [4.69, 9.17) is 9.47 Å². The molecule has 0 amide bonds. The summed E-state index contributed by atoms with van der Waals surface area (Å²) < 4.78 is 20.2. The van der Waals surface area contributed by atoms with Crippen molar-refractivity contribution in [2.75, 3.05) is 18.5 Å². The maximum absolute atomic E-state index is 5.73. The number of benzene rings is 2. The van der Waals surface area contributed by atoms with Crippen LogP contribution < -0.4 is 14.8 Å². The van der Waals surface area contributed by atoms with E-state index < -0.39 is 0 Å². The molecule has 2 aromatic carbocycles. The Bertz CT molecular complexity index is 787. The predicted octanol–water partition coefficient (Wildman–Crippen LogP) is 2.07. The molecule has 0 unspecified atom stereocenters. The maximum atomic E-state index is 5.73. The molecular weight excluding hydrogens is 333 g/mol. The second-order valence-corrected chi connectivity index (χ2v) is 5.84. The first-order valence-electron chi connectivity index (χ1n) is 6.74. The molecule has 106 valence electrons. The van der Waals surface area contributed by atoms with Crippen molar-refractivity contribution < 1.29 is 9.47 Å². The molecule has 0 aliphatic carbocycles. The van der Waals surface area contributed by atoms with Gasteiger partial charge in [0.1, 0.15) is 0 Å². The topological polar surface area (TPSA) is 56.3 Å². The minimum absolute atomic E-state index is 0.0109. The first-order chi connectivity index (χ1) is 10.4. The van der Waals surface area contributed by atoms with Crippen LogP contribution in [0.3, 0.4) is 0 Å². The van der Waals surface area contributed by atoms with Crippen molar-refractivity contribution in [2.24, 2.45) is 0 Å². The first-order valence-corrected chi connectivity index (χ1v) is 8.28. The van der Waals surface area contributed by atoms with Gasteiger partial charge in [-0.15, -0.1) is 0 Å². The molecule has 5 nitrogen and oxygen atoms in total. The molecule has 2 heterocycles. The Hall–Kier alpha value is -2.04. The van der Waals surface area contributed by atoms with Crippen LogP contribution in [0.15, 0.2) is 36.4 Å². The third-order valence-electron chi connectivity index (χ3n) is 3.40. The number of hydrogen-bond acceptors (Lipinski definition) is 5. The van der Waals surface area contributed by atoms with Crippen LogP contribution in [0.2, 0.25) is 0 Å². The summed E-state index contributed by atoms with van der Waals surface area (Å²) in [5, 5.41) is 3.43. The molecule has 0 saturated carbocycles. The van der Waals surface area contributed by atoms with Crippen LogP contribution in [0.5, 0.6) is 11.5 Å². The van der Waals surface area contributed by atoms with Gasteiger partial charge in [-0.3, -0.25) is 0 Å². The molecule has 1 aliphatic heterocycles. The van der Waals surface area contributed by atoms with Crippen LogP contribution in [-0.2, 0) is 6.54 Å². The van der Waals surface area contributed by atoms with E-state index in [9.17, 15) is 0 Å². The molecule has 0 fully saturated rings. The number of para-hydroxylation sites is 1. The van der Waals surface area contributed by atoms with Crippen LogP contribution in [0.1, 0.15) is 5.56 Å². The molecule has 21 heavy (non-hydrogen) atoms. The van der Waals surface area contributed by atoms with E-state index in [1.54, 1.807) is 0 Å². The summed E-state index contributed by atoms with van der Waals surface area (Å²) in [6.45, 7) is 1.88. The van der Waals surface area contributed by atoms with Crippen molar-refractivity contribution in [2.45, 2.75) is 6.54 Å². The molecule has 1 N–H and O–H groups in total. The van der Waals surface area contributed by atoms with Gasteiger partial charge in [0.05, 0.1) is 0 Å².